The largest absolute Gasteiger partial charge is 0.486 e. The average Bonchev–Trinajstić information content (AvgIpc) is 3.28. The molecule has 2 aromatic carbocycles. The molecule has 1 aliphatic rings. The van der Waals surface area contributed by atoms with Crippen molar-refractivity contribution < 1.29 is 14.3 Å². The molecular formula is C24H20ClN5O3S. The van der Waals surface area contributed by atoms with E-state index in [1.807, 2.05) is 47.9 Å². The lowest BCUT2D eigenvalue weighted by molar-refractivity contribution is -0.113. The smallest absolute Gasteiger partial charge is 0.234 e. The van der Waals surface area contributed by atoms with Gasteiger partial charge in [-0.05, 0) is 31.2 Å². The van der Waals surface area contributed by atoms with E-state index in [0.717, 1.165) is 16.8 Å². The Morgan fingerprint density at radius 1 is 1.06 bits per heavy atom. The third-order valence-electron chi connectivity index (χ3n) is 5.10. The van der Waals surface area contributed by atoms with Gasteiger partial charge < -0.3 is 14.8 Å². The molecule has 0 radical (unpaired) electrons. The summed E-state index contributed by atoms with van der Waals surface area (Å²) in [5.41, 5.74) is 3.39. The van der Waals surface area contributed by atoms with E-state index in [-0.39, 0.29) is 11.7 Å². The molecule has 0 saturated heterocycles. The second-order valence-corrected chi connectivity index (χ2v) is 8.88. The van der Waals surface area contributed by atoms with Gasteiger partial charge in [0.1, 0.15) is 13.2 Å². The molecule has 0 aliphatic carbocycles. The summed E-state index contributed by atoms with van der Waals surface area (Å²) in [4.78, 5) is 16.8. The van der Waals surface area contributed by atoms with Gasteiger partial charge in [0.15, 0.2) is 22.5 Å². The summed E-state index contributed by atoms with van der Waals surface area (Å²) in [6, 6.07) is 15.1. The van der Waals surface area contributed by atoms with Crippen LogP contribution in [0.25, 0.3) is 17.1 Å². The molecule has 0 unspecified atom stereocenters. The lowest BCUT2D eigenvalue weighted by Crippen LogP contribution is -2.17. The summed E-state index contributed by atoms with van der Waals surface area (Å²) in [5.74, 6) is 1.68. The molecular weight excluding hydrogens is 474 g/mol. The number of nitrogens with one attached hydrogen (secondary N) is 1. The number of rotatable bonds is 6. The second-order valence-electron chi connectivity index (χ2n) is 7.53. The van der Waals surface area contributed by atoms with E-state index in [9.17, 15) is 4.79 Å². The van der Waals surface area contributed by atoms with Crippen LogP contribution < -0.4 is 14.8 Å². The molecule has 4 aromatic rings. The van der Waals surface area contributed by atoms with Crippen molar-refractivity contribution in [2.75, 3.05) is 24.3 Å². The number of ether oxygens (including phenoxy) is 2. The van der Waals surface area contributed by atoms with Crippen LogP contribution >= 0.6 is 23.4 Å². The minimum absolute atomic E-state index is 0.116. The number of nitrogens with zero attached hydrogens (tertiary/aromatic N) is 4. The molecule has 0 bridgehead atoms. The van der Waals surface area contributed by atoms with Gasteiger partial charge in [-0.3, -0.25) is 14.3 Å². The lowest BCUT2D eigenvalue weighted by atomic mass is 10.2. The van der Waals surface area contributed by atoms with Crippen LogP contribution in [-0.2, 0) is 4.79 Å². The van der Waals surface area contributed by atoms with E-state index in [4.69, 9.17) is 21.1 Å². The number of pyridine rings is 1. The van der Waals surface area contributed by atoms with Gasteiger partial charge in [0.25, 0.3) is 0 Å². The highest BCUT2D eigenvalue weighted by molar-refractivity contribution is 7.99. The van der Waals surface area contributed by atoms with Crippen LogP contribution in [0.1, 0.15) is 5.56 Å². The standard InChI is InChI=1S/C24H20ClN5O3S/c1-15-2-4-17(5-3-15)30-23(16-6-8-26-9-7-16)28-29-24(30)34-14-22(31)27-19-13-21-20(12-18(19)25)32-10-11-33-21/h2-9,12-13H,10-11,14H2,1H3,(H,27,31). The Hall–Kier alpha value is -3.56. The van der Waals surface area contributed by atoms with E-state index in [1.54, 1.807) is 24.5 Å². The fourth-order valence-electron chi connectivity index (χ4n) is 3.45. The minimum atomic E-state index is -0.229. The summed E-state index contributed by atoms with van der Waals surface area (Å²) in [6.45, 7) is 2.95. The van der Waals surface area contributed by atoms with Crippen LogP contribution in [0.15, 0.2) is 66.1 Å². The molecule has 0 saturated carbocycles. The normalized spacial score (nSPS) is 12.4. The van der Waals surface area contributed by atoms with Crippen molar-refractivity contribution in [1.82, 2.24) is 19.7 Å². The molecule has 3 heterocycles. The van der Waals surface area contributed by atoms with E-state index in [1.165, 1.54) is 11.8 Å². The molecule has 1 N–H and O–H groups in total. The Kier molecular flexibility index (Phi) is 6.37. The summed E-state index contributed by atoms with van der Waals surface area (Å²) in [7, 11) is 0. The first-order valence-corrected chi connectivity index (χ1v) is 11.9. The summed E-state index contributed by atoms with van der Waals surface area (Å²) >= 11 is 7.61. The number of carbonyl (C=O) groups excluding carboxylic acids is 1. The Labute approximate surface area is 205 Å². The van der Waals surface area contributed by atoms with Gasteiger partial charge in [-0.15, -0.1) is 10.2 Å². The number of fused-ring (bicyclic) bond motifs is 1. The fraction of sp³-hybridized carbons (Fsp3) is 0.167. The van der Waals surface area contributed by atoms with Crippen LogP contribution in [0.2, 0.25) is 5.02 Å². The molecule has 172 valence electrons. The van der Waals surface area contributed by atoms with E-state index in [2.05, 4.69) is 20.5 Å². The molecule has 1 amide bonds. The van der Waals surface area contributed by atoms with Crippen LogP contribution in [0.3, 0.4) is 0 Å². The highest BCUT2D eigenvalue weighted by Crippen LogP contribution is 2.38. The maximum atomic E-state index is 12.7. The third-order valence-corrected chi connectivity index (χ3v) is 6.34. The van der Waals surface area contributed by atoms with Gasteiger partial charge in [-0.25, -0.2) is 0 Å². The van der Waals surface area contributed by atoms with Crippen molar-refractivity contribution in [3.05, 3.63) is 71.5 Å². The first-order valence-electron chi connectivity index (χ1n) is 10.5. The molecule has 5 rings (SSSR count). The molecule has 0 spiro atoms. The number of carbonyl (C=O) groups is 1. The highest BCUT2D eigenvalue weighted by atomic mass is 35.5. The van der Waals surface area contributed by atoms with E-state index >= 15 is 0 Å². The maximum absolute atomic E-state index is 12.7. The number of halogens is 1. The maximum Gasteiger partial charge on any atom is 0.234 e. The van der Waals surface area contributed by atoms with Crippen LogP contribution in [-0.4, -0.2) is 44.6 Å². The van der Waals surface area contributed by atoms with Gasteiger partial charge in [0.05, 0.1) is 16.5 Å². The summed E-state index contributed by atoms with van der Waals surface area (Å²) in [5, 5.41) is 12.6. The first kappa shape index (κ1) is 22.2. The first-order chi connectivity index (χ1) is 16.6. The third kappa shape index (κ3) is 4.71. The predicted molar refractivity (Wildman–Crippen MR) is 131 cm³/mol. The molecule has 34 heavy (non-hydrogen) atoms. The van der Waals surface area contributed by atoms with Crippen LogP contribution in [0.4, 0.5) is 5.69 Å². The Morgan fingerprint density at radius 2 is 1.76 bits per heavy atom. The van der Waals surface area contributed by atoms with Crippen molar-refractivity contribution >= 4 is 35.0 Å². The van der Waals surface area contributed by atoms with Crippen LogP contribution in [0.5, 0.6) is 11.5 Å². The zero-order valence-corrected chi connectivity index (χ0v) is 19.8. The molecule has 2 aromatic heterocycles. The van der Waals surface area contributed by atoms with Gasteiger partial charge in [-0.1, -0.05) is 41.1 Å². The average molecular weight is 494 g/mol. The van der Waals surface area contributed by atoms with Crippen molar-refractivity contribution in [2.24, 2.45) is 0 Å². The van der Waals surface area contributed by atoms with Gasteiger partial charge >= 0.3 is 0 Å². The number of benzene rings is 2. The molecule has 8 nitrogen and oxygen atoms in total. The zero-order valence-electron chi connectivity index (χ0n) is 18.2. The van der Waals surface area contributed by atoms with Gasteiger partial charge in [-0.2, -0.15) is 0 Å². The number of anilines is 1. The van der Waals surface area contributed by atoms with Gasteiger partial charge in [0.2, 0.25) is 5.91 Å². The molecule has 10 heteroatoms. The number of hydrogen-bond acceptors (Lipinski definition) is 7. The lowest BCUT2D eigenvalue weighted by Gasteiger charge is -2.20. The Morgan fingerprint density at radius 3 is 2.50 bits per heavy atom. The number of hydrogen-bond donors (Lipinski definition) is 1. The Balaban J connectivity index is 1.37. The van der Waals surface area contributed by atoms with Gasteiger partial charge in [0, 0.05) is 35.8 Å². The molecule has 0 atom stereocenters. The summed E-state index contributed by atoms with van der Waals surface area (Å²) in [6.07, 6.45) is 3.42. The van der Waals surface area contributed by atoms with Crippen LogP contribution in [0, 0.1) is 6.92 Å². The quantitative estimate of drug-likeness (QED) is 0.386. The summed E-state index contributed by atoms with van der Waals surface area (Å²) < 4.78 is 13.0. The topological polar surface area (TPSA) is 91.2 Å². The SMILES string of the molecule is Cc1ccc(-n2c(SCC(=O)Nc3cc4c(cc3Cl)OCCO4)nnc2-c2ccncc2)cc1. The second kappa shape index (κ2) is 9.74. The zero-order chi connectivity index (χ0) is 23.5. The number of aromatic nitrogens is 4. The predicted octanol–water partition coefficient (Wildman–Crippen LogP) is 4.79. The number of aryl methyl sites for hydroxylation is 1. The fourth-order valence-corrected chi connectivity index (χ4v) is 4.41. The minimum Gasteiger partial charge on any atom is -0.486 e. The Bertz CT molecular complexity index is 1330. The van der Waals surface area contributed by atoms with E-state index < -0.39 is 0 Å². The van der Waals surface area contributed by atoms with Crippen molar-refractivity contribution in [1.29, 1.82) is 0 Å². The molecule has 0 fully saturated rings. The number of thioether (sulfide) groups is 1. The van der Waals surface area contributed by atoms with Crippen molar-refractivity contribution in [2.45, 2.75) is 12.1 Å². The monoisotopic (exact) mass is 493 g/mol. The van der Waals surface area contributed by atoms with Crippen molar-refractivity contribution in [3.8, 4) is 28.6 Å². The van der Waals surface area contributed by atoms with Crippen molar-refractivity contribution in [3.63, 3.8) is 0 Å². The van der Waals surface area contributed by atoms with E-state index in [0.29, 0.717) is 46.4 Å². The highest BCUT2D eigenvalue weighted by Gasteiger charge is 2.19. The molecule has 1 aliphatic heterocycles. The number of amides is 1.